The SMILES string of the molecule is CC(C)c1cccc(C(C)C)c1N=CCC1CCCCC1=Nc1c(C(C)C)cccc1C(C)C. The highest BCUT2D eigenvalue weighted by Gasteiger charge is 2.22. The highest BCUT2D eigenvalue weighted by atomic mass is 14.8. The molecular weight excluding hydrogens is 412 g/mol. The van der Waals surface area contributed by atoms with Crippen LogP contribution >= 0.6 is 0 Å². The van der Waals surface area contributed by atoms with Gasteiger partial charge in [0.2, 0.25) is 0 Å². The molecule has 0 bridgehead atoms. The second-order valence-corrected chi connectivity index (χ2v) is 11.3. The van der Waals surface area contributed by atoms with Crippen molar-refractivity contribution in [2.24, 2.45) is 15.9 Å². The zero-order valence-electron chi connectivity index (χ0n) is 22.9. The summed E-state index contributed by atoms with van der Waals surface area (Å²) in [7, 11) is 0. The number of rotatable bonds is 8. The van der Waals surface area contributed by atoms with Gasteiger partial charge in [-0.2, -0.15) is 0 Å². The molecule has 1 fully saturated rings. The lowest BCUT2D eigenvalue weighted by molar-refractivity contribution is 0.541. The molecule has 0 aliphatic heterocycles. The summed E-state index contributed by atoms with van der Waals surface area (Å²) in [6.45, 7) is 18.2. The van der Waals surface area contributed by atoms with Crippen LogP contribution in [0.4, 0.5) is 11.4 Å². The summed E-state index contributed by atoms with van der Waals surface area (Å²) in [6, 6.07) is 13.4. The third kappa shape index (κ3) is 6.26. The molecule has 2 nitrogen and oxygen atoms in total. The zero-order valence-corrected chi connectivity index (χ0v) is 22.9. The largest absolute Gasteiger partial charge is 0.261 e. The molecule has 184 valence electrons. The molecule has 0 amide bonds. The molecule has 1 saturated carbocycles. The highest BCUT2D eigenvalue weighted by Crippen LogP contribution is 2.38. The van der Waals surface area contributed by atoms with E-state index in [2.05, 4.69) is 98.0 Å². The summed E-state index contributed by atoms with van der Waals surface area (Å²) < 4.78 is 0. The summed E-state index contributed by atoms with van der Waals surface area (Å²) in [6.07, 6.45) is 8.04. The normalized spacial score (nSPS) is 18.4. The van der Waals surface area contributed by atoms with Gasteiger partial charge in [0.05, 0.1) is 11.4 Å². The van der Waals surface area contributed by atoms with Crippen LogP contribution in [0, 0.1) is 5.92 Å². The van der Waals surface area contributed by atoms with Crippen molar-refractivity contribution < 1.29 is 0 Å². The van der Waals surface area contributed by atoms with Crippen molar-refractivity contribution in [1.29, 1.82) is 0 Å². The maximum absolute atomic E-state index is 5.41. The van der Waals surface area contributed by atoms with Crippen molar-refractivity contribution in [2.45, 2.75) is 111 Å². The van der Waals surface area contributed by atoms with Crippen LogP contribution in [-0.2, 0) is 0 Å². The Hall–Kier alpha value is -2.22. The van der Waals surface area contributed by atoms with E-state index in [-0.39, 0.29) is 0 Å². The molecule has 1 aliphatic rings. The molecule has 2 heteroatoms. The molecular formula is C32H46N2. The van der Waals surface area contributed by atoms with Crippen molar-refractivity contribution in [3.8, 4) is 0 Å². The average molecular weight is 459 g/mol. The lowest BCUT2D eigenvalue weighted by atomic mass is 9.84. The van der Waals surface area contributed by atoms with E-state index in [1.165, 1.54) is 58.6 Å². The Morgan fingerprint density at radius 3 is 1.65 bits per heavy atom. The molecule has 0 heterocycles. The van der Waals surface area contributed by atoms with Gasteiger partial charge in [-0.1, -0.05) is 98.2 Å². The first kappa shape index (κ1) is 26.4. The molecule has 1 atom stereocenters. The molecule has 0 spiro atoms. The highest BCUT2D eigenvalue weighted by molar-refractivity contribution is 5.92. The molecule has 34 heavy (non-hydrogen) atoms. The van der Waals surface area contributed by atoms with Gasteiger partial charge in [-0.3, -0.25) is 9.98 Å². The number of nitrogens with zero attached hydrogens (tertiary/aromatic N) is 2. The van der Waals surface area contributed by atoms with Gasteiger partial charge in [0.25, 0.3) is 0 Å². The molecule has 1 aliphatic carbocycles. The van der Waals surface area contributed by atoms with Crippen molar-refractivity contribution in [3.63, 3.8) is 0 Å². The molecule has 3 rings (SSSR count). The first-order chi connectivity index (χ1) is 16.2. The first-order valence-electron chi connectivity index (χ1n) is 13.6. The molecule has 2 aromatic rings. The smallest absolute Gasteiger partial charge is 0.0698 e. The molecule has 0 N–H and O–H groups in total. The van der Waals surface area contributed by atoms with Gasteiger partial charge < -0.3 is 0 Å². The van der Waals surface area contributed by atoms with E-state index in [0.717, 1.165) is 12.8 Å². The Kier molecular flexibility index (Phi) is 9.28. The van der Waals surface area contributed by atoms with Crippen LogP contribution in [0.2, 0.25) is 0 Å². The Morgan fingerprint density at radius 1 is 0.706 bits per heavy atom. The van der Waals surface area contributed by atoms with Gasteiger partial charge in [-0.25, -0.2) is 0 Å². The standard InChI is InChI=1S/C32H46N2/c1-21(2)26-14-11-15-27(22(3)4)31(26)33-20-19-25-13-9-10-18-30(25)34-32-28(23(5)6)16-12-17-29(32)24(7)8/h11-12,14-17,20-25H,9-10,13,18-19H2,1-8H3. The third-order valence-corrected chi connectivity index (χ3v) is 7.26. The monoisotopic (exact) mass is 458 g/mol. The quantitative estimate of drug-likeness (QED) is 0.351. The van der Waals surface area contributed by atoms with Crippen LogP contribution < -0.4 is 0 Å². The van der Waals surface area contributed by atoms with E-state index in [1.807, 2.05) is 0 Å². The Balaban J connectivity index is 1.93. The lowest BCUT2D eigenvalue weighted by Gasteiger charge is -2.25. The van der Waals surface area contributed by atoms with Crippen LogP contribution in [0.25, 0.3) is 0 Å². The van der Waals surface area contributed by atoms with Crippen molar-refractivity contribution in [2.75, 3.05) is 0 Å². The van der Waals surface area contributed by atoms with E-state index in [0.29, 0.717) is 29.6 Å². The fourth-order valence-corrected chi connectivity index (χ4v) is 5.19. The van der Waals surface area contributed by atoms with Gasteiger partial charge in [0.15, 0.2) is 0 Å². The topological polar surface area (TPSA) is 24.7 Å². The summed E-state index contributed by atoms with van der Waals surface area (Å²) in [5.74, 6) is 2.39. The lowest BCUT2D eigenvalue weighted by Crippen LogP contribution is -2.20. The number of hydrogen-bond donors (Lipinski definition) is 0. The first-order valence-corrected chi connectivity index (χ1v) is 13.6. The fraction of sp³-hybridized carbons (Fsp3) is 0.562. The molecule has 0 saturated heterocycles. The van der Waals surface area contributed by atoms with Crippen LogP contribution in [0.1, 0.15) is 133 Å². The summed E-state index contributed by atoms with van der Waals surface area (Å²) in [4.78, 5) is 10.5. The van der Waals surface area contributed by atoms with E-state index in [1.54, 1.807) is 0 Å². The van der Waals surface area contributed by atoms with E-state index < -0.39 is 0 Å². The van der Waals surface area contributed by atoms with Gasteiger partial charge in [0, 0.05) is 17.8 Å². The van der Waals surface area contributed by atoms with Gasteiger partial charge in [-0.05, 0) is 71.6 Å². The minimum absolute atomic E-state index is 0.472. The number of para-hydroxylation sites is 2. The van der Waals surface area contributed by atoms with Crippen molar-refractivity contribution in [3.05, 3.63) is 58.7 Å². The fourth-order valence-electron chi connectivity index (χ4n) is 5.19. The second kappa shape index (κ2) is 12.0. The maximum Gasteiger partial charge on any atom is 0.0698 e. The minimum atomic E-state index is 0.472. The van der Waals surface area contributed by atoms with Gasteiger partial charge >= 0.3 is 0 Å². The molecule has 1 unspecified atom stereocenters. The van der Waals surface area contributed by atoms with Crippen LogP contribution in [0.5, 0.6) is 0 Å². The Bertz CT molecular complexity index is 955. The minimum Gasteiger partial charge on any atom is -0.261 e. The molecule has 0 aromatic heterocycles. The van der Waals surface area contributed by atoms with E-state index in [4.69, 9.17) is 9.98 Å². The maximum atomic E-state index is 5.41. The summed E-state index contributed by atoms with van der Waals surface area (Å²) >= 11 is 0. The predicted octanol–water partition coefficient (Wildman–Crippen LogP) is 10.2. The summed E-state index contributed by atoms with van der Waals surface area (Å²) in [5.41, 5.74) is 9.27. The Morgan fingerprint density at radius 2 is 1.18 bits per heavy atom. The third-order valence-electron chi connectivity index (χ3n) is 7.26. The van der Waals surface area contributed by atoms with Gasteiger partial charge in [0.1, 0.15) is 0 Å². The van der Waals surface area contributed by atoms with Crippen molar-refractivity contribution >= 4 is 23.3 Å². The average Bonchev–Trinajstić information content (AvgIpc) is 2.79. The van der Waals surface area contributed by atoms with Crippen LogP contribution in [-0.4, -0.2) is 11.9 Å². The van der Waals surface area contributed by atoms with E-state index in [9.17, 15) is 0 Å². The number of aliphatic imine (C=N–C) groups is 2. The summed E-state index contributed by atoms with van der Waals surface area (Å²) in [5, 5.41) is 0. The number of hydrogen-bond acceptors (Lipinski definition) is 2. The second-order valence-electron chi connectivity index (χ2n) is 11.3. The van der Waals surface area contributed by atoms with Gasteiger partial charge in [-0.15, -0.1) is 0 Å². The van der Waals surface area contributed by atoms with Crippen LogP contribution in [0.3, 0.4) is 0 Å². The molecule has 0 radical (unpaired) electrons. The zero-order chi connectivity index (χ0) is 24.8. The predicted molar refractivity (Wildman–Crippen MR) is 151 cm³/mol. The Labute approximate surface area is 209 Å². The van der Waals surface area contributed by atoms with Crippen LogP contribution in [0.15, 0.2) is 46.4 Å². The van der Waals surface area contributed by atoms with Crippen molar-refractivity contribution in [1.82, 2.24) is 0 Å². The molecule has 2 aromatic carbocycles. The van der Waals surface area contributed by atoms with E-state index >= 15 is 0 Å². The number of benzene rings is 2.